The Labute approximate surface area is 335 Å². The summed E-state index contributed by atoms with van der Waals surface area (Å²) in [5, 5.41) is 4.34. The van der Waals surface area contributed by atoms with Crippen LogP contribution >= 0.6 is 0 Å². The molecule has 0 saturated carbocycles. The number of benzene rings is 6. The van der Waals surface area contributed by atoms with Crippen molar-refractivity contribution in [3.8, 4) is 22.5 Å². The lowest BCUT2D eigenvalue weighted by molar-refractivity contribution is 0.568. The molecular formula is C53H58N2. The van der Waals surface area contributed by atoms with Gasteiger partial charge in [0.2, 0.25) is 0 Å². The number of hydrogen-bond donors (Lipinski definition) is 0. The third kappa shape index (κ3) is 6.19. The zero-order valence-corrected chi connectivity index (χ0v) is 34.8. The molecule has 0 aliphatic heterocycles. The first kappa shape index (κ1) is 31.2. The summed E-state index contributed by atoms with van der Waals surface area (Å²) in [6.45, 7) is 27.0. The van der Waals surface area contributed by atoms with Gasteiger partial charge in [0.05, 0.1) is 34.6 Å². The highest BCUT2D eigenvalue weighted by Crippen LogP contribution is 2.45. The van der Waals surface area contributed by atoms with Crippen molar-refractivity contribution in [1.29, 1.82) is 0 Å². The van der Waals surface area contributed by atoms with E-state index in [-0.39, 0.29) is 46.0 Å². The lowest BCUT2D eigenvalue weighted by Crippen LogP contribution is -2.17. The molecule has 280 valence electrons. The Morgan fingerprint density at radius 3 is 1.75 bits per heavy atom. The first-order valence-corrected chi connectivity index (χ1v) is 20.0. The first-order valence-electron chi connectivity index (χ1n) is 22.5. The molecule has 0 N–H and O–H groups in total. The molecule has 0 spiro atoms. The molecule has 2 aromatic heterocycles. The Morgan fingerprint density at radius 2 is 1.15 bits per heavy atom. The van der Waals surface area contributed by atoms with Crippen LogP contribution in [0, 0.1) is 0 Å². The number of fused-ring (bicyclic) bond motifs is 6. The van der Waals surface area contributed by atoms with Gasteiger partial charge in [-0.1, -0.05) is 144 Å². The van der Waals surface area contributed by atoms with E-state index in [4.69, 9.17) is 4.11 Å². The van der Waals surface area contributed by atoms with Gasteiger partial charge in [0.1, 0.15) is 0 Å². The van der Waals surface area contributed by atoms with Crippen molar-refractivity contribution in [1.82, 2.24) is 9.13 Å². The maximum atomic E-state index is 9.18. The maximum Gasteiger partial charge on any atom is 0.0629 e. The largest absolute Gasteiger partial charge is 0.309 e. The van der Waals surface area contributed by atoms with Crippen molar-refractivity contribution in [2.24, 2.45) is 0 Å². The minimum Gasteiger partial charge on any atom is -0.309 e. The van der Waals surface area contributed by atoms with Crippen LogP contribution in [0.25, 0.3) is 66.1 Å². The van der Waals surface area contributed by atoms with Gasteiger partial charge in [-0.05, 0) is 122 Å². The van der Waals surface area contributed by atoms with Crippen LogP contribution in [0.1, 0.15) is 124 Å². The average molecular weight is 728 g/mol. The van der Waals surface area contributed by atoms with E-state index < -0.39 is 6.04 Å². The first-order chi connectivity index (χ1) is 28.0. The minimum absolute atomic E-state index is 0.0233. The van der Waals surface area contributed by atoms with Crippen LogP contribution in [-0.4, -0.2) is 9.13 Å². The van der Waals surface area contributed by atoms with Gasteiger partial charge < -0.3 is 9.13 Å². The average Bonchev–Trinajstić information content (AvgIpc) is 3.70. The fourth-order valence-corrected chi connectivity index (χ4v) is 8.38. The summed E-state index contributed by atoms with van der Waals surface area (Å²) >= 11 is 0. The van der Waals surface area contributed by atoms with Crippen molar-refractivity contribution < 1.29 is 6.85 Å². The Morgan fingerprint density at radius 1 is 0.564 bits per heavy atom. The van der Waals surface area contributed by atoms with E-state index in [1.54, 1.807) is 0 Å². The molecular weight excluding hydrogens is 665 g/mol. The summed E-state index contributed by atoms with van der Waals surface area (Å²) in [5.74, 6) is 0.378. The molecule has 2 heteroatoms. The quantitative estimate of drug-likeness (QED) is 0.167. The molecule has 8 aromatic rings. The van der Waals surface area contributed by atoms with E-state index in [2.05, 4.69) is 165 Å². The van der Waals surface area contributed by atoms with E-state index in [1.807, 2.05) is 12.1 Å². The second-order valence-electron chi connectivity index (χ2n) is 18.9. The molecule has 0 saturated heterocycles. The van der Waals surface area contributed by atoms with Crippen LogP contribution in [0.2, 0.25) is 0 Å². The second-order valence-corrected chi connectivity index (χ2v) is 18.9. The normalized spacial score (nSPS) is 14.2. The molecule has 2 heterocycles. The molecule has 6 aromatic carbocycles. The van der Waals surface area contributed by atoms with Gasteiger partial charge in [-0.3, -0.25) is 0 Å². The SMILES string of the molecule is [2H]c1c([2H])c([2H])c(-c2cccc3c2c2c(CC)c(-n4c5ccc(C(C)C)cc5c5cc(C(C)(C)C)ccc54)ccc2n3-c2cc(C(C)(C)C)cc(C(C)(C)C)c2)c([2H])c1[2H]. The molecule has 0 aliphatic rings. The third-order valence-corrected chi connectivity index (χ3v) is 11.6. The lowest BCUT2D eigenvalue weighted by atomic mass is 9.80. The van der Waals surface area contributed by atoms with E-state index in [1.165, 1.54) is 33.0 Å². The van der Waals surface area contributed by atoms with Crippen LogP contribution in [0.15, 0.2) is 115 Å². The monoisotopic (exact) mass is 727 g/mol. The van der Waals surface area contributed by atoms with E-state index >= 15 is 0 Å². The summed E-state index contributed by atoms with van der Waals surface area (Å²) in [6, 6.07) is 29.8. The van der Waals surface area contributed by atoms with E-state index in [0.717, 1.165) is 49.8 Å². The van der Waals surface area contributed by atoms with Gasteiger partial charge in [-0.25, -0.2) is 0 Å². The van der Waals surface area contributed by atoms with Crippen LogP contribution in [-0.2, 0) is 22.7 Å². The summed E-state index contributed by atoms with van der Waals surface area (Å²) < 4.78 is 49.0. The smallest absolute Gasteiger partial charge is 0.0629 e. The molecule has 0 aliphatic carbocycles. The van der Waals surface area contributed by atoms with Crippen LogP contribution in [0.3, 0.4) is 0 Å². The van der Waals surface area contributed by atoms with Gasteiger partial charge in [-0.15, -0.1) is 0 Å². The molecule has 2 nitrogen and oxygen atoms in total. The summed E-state index contributed by atoms with van der Waals surface area (Å²) in [7, 11) is 0. The Balaban J connectivity index is 1.58. The number of rotatable bonds is 5. The van der Waals surface area contributed by atoms with Crippen molar-refractivity contribution in [2.75, 3.05) is 0 Å². The van der Waals surface area contributed by atoms with Crippen molar-refractivity contribution >= 4 is 43.6 Å². The number of nitrogens with zero attached hydrogens (tertiary/aromatic N) is 2. The maximum absolute atomic E-state index is 9.18. The molecule has 55 heavy (non-hydrogen) atoms. The highest BCUT2D eigenvalue weighted by molar-refractivity contribution is 6.18. The van der Waals surface area contributed by atoms with Crippen molar-refractivity contribution in [3.63, 3.8) is 0 Å². The minimum atomic E-state index is -0.393. The molecule has 8 rings (SSSR count). The lowest BCUT2D eigenvalue weighted by Gasteiger charge is -2.27. The molecule has 0 fully saturated rings. The molecule has 0 amide bonds. The predicted molar refractivity (Wildman–Crippen MR) is 240 cm³/mol. The number of aryl methyl sites for hydroxylation is 1. The molecule has 0 atom stereocenters. The standard InChI is InChI=1S/C53H58N2/c1-13-40-44(55-45-24-22-35(33(2)3)28-42(45)43-32-36(51(4,5)6)23-25-46(43)55)26-27-48-49(40)50-41(34-18-15-14-16-19-34)20-17-21-47(50)54(48)39-30-37(52(7,8)9)29-38(31-39)53(10,11)12/h14-33H,13H2,1-12H3/i14D,15D,16D,18D,19D. The third-order valence-electron chi connectivity index (χ3n) is 11.6. The highest BCUT2D eigenvalue weighted by atomic mass is 15.0. The van der Waals surface area contributed by atoms with Gasteiger partial charge >= 0.3 is 0 Å². The summed E-state index contributed by atoms with van der Waals surface area (Å²) in [4.78, 5) is 0. The van der Waals surface area contributed by atoms with Crippen molar-refractivity contribution in [3.05, 3.63) is 143 Å². The van der Waals surface area contributed by atoms with Gasteiger partial charge in [0.15, 0.2) is 0 Å². The van der Waals surface area contributed by atoms with Crippen LogP contribution in [0.5, 0.6) is 0 Å². The topological polar surface area (TPSA) is 9.86 Å². The van der Waals surface area contributed by atoms with Crippen LogP contribution in [0.4, 0.5) is 0 Å². The van der Waals surface area contributed by atoms with Crippen molar-refractivity contribution in [2.45, 2.75) is 112 Å². The molecule has 0 radical (unpaired) electrons. The van der Waals surface area contributed by atoms with Gasteiger partial charge in [0, 0.05) is 27.2 Å². The number of aromatic nitrogens is 2. The predicted octanol–water partition coefficient (Wildman–Crippen LogP) is 15.1. The highest BCUT2D eigenvalue weighted by Gasteiger charge is 2.26. The zero-order valence-electron chi connectivity index (χ0n) is 39.8. The second kappa shape index (κ2) is 13.0. The summed E-state index contributed by atoms with van der Waals surface area (Å²) in [5.41, 5.74) is 13.1. The number of hydrogen-bond acceptors (Lipinski definition) is 0. The van der Waals surface area contributed by atoms with Crippen LogP contribution < -0.4 is 0 Å². The Bertz CT molecular complexity index is 2990. The van der Waals surface area contributed by atoms with E-state index in [0.29, 0.717) is 17.9 Å². The Kier molecular flexibility index (Phi) is 7.37. The molecule has 0 unspecified atom stereocenters. The fourth-order valence-electron chi connectivity index (χ4n) is 8.38. The zero-order chi connectivity index (χ0) is 43.5. The van der Waals surface area contributed by atoms with E-state index in [9.17, 15) is 2.74 Å². The van der Waals surface area contributed by atoms with Gasteiger partial charge in [0.25, 0.3) is 0 Å². The molecule has 0 bridgehead atoms. The Hall–Kier alpha value is -5.08. The summed E-state index contributed by atoms with van der Waals surface area (Å²) in [6.07, 6.45) is 0.696. The fraction of sp³-hybridized carbons (Fsp3) is 0.321. The van der Waals surface area contributed by atoms with Gasteiger partial charge in [-0.2, -0.15) is 0 Å².